The number of hydrogen-bond donors (Lipinski definition) is 1. The molecule has 0 aliphatic rings. The molecule has 1 rings (SSSR count). The molecule has 0 aliphatic heterocycles. The molecule has 0 spiro atoms. The van der Waals surface area contributed by atoms with Gasteiger partial charge in [-0.25, -0.2) is 4.98 Å². The minimum atomic E-state index is -0.584. The van der Waals surface area contributed by atoms with Crippen LogP contribution in [-0.4, -0.2) is 35.8 Å². The molecular formula is C11H18FN3O2. The molecule has 0 atom stereocenters. The van der Waals surface area contributed by atoms with Crippen molar-refractivity contribution in [1.29, 1.82) is 0 Å². The quantitative estimate of drug-likeness (QED) is 0.800. The molecule has 5 nitrogen and oxygen atoms in total. The van der Waals surface area contributed by atoms with Crippen molar-refractivity contribution in [3.8, 4) is 5.88 Å². The lowest BCUT2D eigenvalue weighted by molar-refractivity contribution is -0.0172. The van der Waals surface area contributed by atoms with Crippen LogP contribution < -0.4 is 10.1 Å². The average Bonchev–Trinajstić information content (AvgIpc) is 2.25. The Labute approximate surface area is 100 Å². The summed E-state index contributed by atoms with van der Waals surface area (Å²) in [6.45, 7) is 6.45. The van der Waals surface area contributed by atoms with Gasteiger partial charge in [0.1, 0.15) is 6.61 Å². The first-order valence-electron chi connectivity index (χ1n) is 5.39. The fraction of sp³-hybridized carbons (Fsp3) is 0.636. The van der Waals surface area contributed by atoms with Gasteiger partial charge >= 0.3 is 0 Å². The van der Waals surface area contributed by atoms with Gasteiger partial charge in [-0.05, 0) is 20.8 Å². The highest BCUT2D eigenvalue weighted by atomic mass is 19.1. The second kappa shape index (κ2) is 5.77. The van der Waals surface area contributed by atoms with Crippen molar-refractivity contribution in [2.75, 3.05) is 25.6 Å². The highest BCUT2D eigenvalue weighted by Crippen LogP contribution is 2.14. The average molecular weight is 243 g/mol. The normalized spacial score (nSPS) is 11.4. The summed E-state index contributed by atoms with van der Waals surface area (Å²) < 4.78 is 23.9. The first-order chi connectivity index (χ1) is 7.92. The molecule has 0 aromatic carbocycles. The molecule has 0 radical (unpaired) electrons. The summed E-state index contributed by atoms with van der Waals surface area (Å²) in [5, 5.41) is 2.71. The second-order valence-corrected chi connectivity index (χ2v) is 4.41. The van der Waals surface area contributed by atoms with Gasteiger partial charge in [-0.3, -0.25) is 0 Å². The summed E-state index contributed by atoms with van der Waals surface area (Å²) in [5.74, 6) is -0.334. The zero-order valence-electron chi connectivity index (χ0n) is 10.6. The number of ether oxygens (including phenoxy) is 2. The van der Waals surface area contributed by atoms with Crippen LogP contribution in [0.25, 0.3) is 0 Å². The Morgan fingerprint density at radius 3 is 2.65 bits per heavy atom. The van der Waals surface area contributed by atoms with Gasteiger partial charge < -0.3 is 14.8 Å². The van der Waals surface area contributed by atoms with Crippen LogP contribution in [0.4, 0.5) is 10.3 Å². The van der Waals surface area contributed by atoms with Crippen molar-refractivity contribution >= 4 is 5.95 Å². The van der Waals surface area contributed by atoms with E-state index in [1.807, 2.05) is 20.8 Å². The van der Waals surface area contributed by atoms with E-state index in [-0.39, 0.29) is 18.1 Å². The maximum atomic E-state index is 13.2. The predicted octanol–water partition coefficient (Wildman–Crippen LogP) is 1.85. The summed E-state index contributed by atoms with van der Waals surface area (Å²) in [6, 6.07) is 0. The standard InChI is InChI=1S/C11H18FN3O2/c1-11(2,3)17-6-5-16-9-8(12)7-14-10(13-4)15-9/h7H,5-6H2,1-4H3,(H,13,14,15). The van der Waals surface area contributed by atoms with Crippen LogP contribution in [0.1, 0.15) is 20.8 Å². The van der Waals surface area contributed by atoms with Gasteiger partial charge in [-0.15, -0.1) is 0 Å². The molecule has 0 aliphatic carbocycles. The van der Waals surface area contributed by atoms with Crippen LogP contribution in [0.5, 0.6) is 5.88 Å². The number of hydrogen-bond acceptors (Lipinski definition) is 5. The summed E-state index contributed by atoms with van der Waals surface area (Å²) in [6.07, 6.45) is 1.07. The Morgan fingerprint density at radius 1 is 1.35 bits per heavy atom. The van der Waals surface area contributed by atoms with E-state index in [4.69, 9.17) is 9.47 Å². The third-order valence-corrected chi connectivity index (χ3v) is 1.79. The van der Waals surface area contributed by atoms with Gasteiger partial charge in [-0.1, -0.05) is 0 Å². The molecule has 96 valence electrons. The van der Waals surface area contributed by atoms with Gasteiger partial charge in [0.05, 0.1) is 18.4 Å². The summed E-state index contributed by atoms with van der Waals surface area (Å²) in [7, 11) is 1.65. The number of nitrogens with zero attached hydrogens (tertiary/aromatic N) is 2. The summed E-state index contributed by atoms with van der Waals surface area (Å²) in [4.78, 5) is 7.57. The fourth-order valence-corrected chi connectivity index (χ4v) is 1.06. The van der Waals surface area contributed by atoms with Crippen molar-refractivity contribution in [3.05, 3.63) is 12.0 Å². The number of nitrogens with one attached hydrogen (secondary N) is 1. The Balaban J connectivity index is 2.46. The van der Waals surface area contributed by atoms with Crippen LogP contribution in [-0.2, 0) is 4.74 Å². The van der Waals surface area contributed by atoms with Crippen molar-refractivity contribution in [2.24, 2.45) is 0 Å². The van der Waals surface area contributed by atoms with E-state index in [1.54, 1.807) is 7.05 Å². The van der Waals surface area contributed by atoms with Gasteiger partial charge in [0.25, 0.3) is 5.88 Å². The van der Waals surface area contributed by atoms with Crippen LogP contribution in [0, 0.1) is 5.82 Å². The molecule has 1 N–H and O–H groups in total. The Hall–Kier alpha value is -1.43. The molecule has 0 fully saturated rings. The molecule has 0 bridgehead atoms. The lowest BCUT2D eigenvalue weighted by atomic mass is 10.2. The number of halogens is 1. The Bertz CT molecular complexity index is 366. The number of aromatic nitrogens is 2. The highest BCUT2D eigenvalue weighted by Gasteiger charge is 2.11. The van der Waals surface area contributed by atoms with Crippen LogP contribution in [0.2, 0.25) is 0 Å². The number of anilines is 1. The molecule has 17 heavy (non-hydrogen) atoms. The third kappa shape index (κ3) is 4.95. The minimum absolute atomic E-state index is 0.0677. The Morgan fingerprint density at radius 2 is 2.06 bits per heavy atom. The van der Waals surface area contributed by atoms with Crippen molar-refractivity contribution < 1.29 is 13.9 Å². The van der Waals surface area contributed by atoms with Gasteiger partial charge in [0.2, 0.25) is 11.8 Å². The predicted molar refractivity (Wildman–Crippen MR) is 62.7 cm³/mol. The summed E-state index contributed by atoms with van der Waals surface area (Å²) in [5.41, 5.74) is -0.232. The molecule has 0 saturated heterocycles. The monoisotopic (exact) mass is 243 g/mol. The van der Waals surface area contributed by atoms with Crippen molar-refractivity contribution in [2.45, 2.75) is 26.4 Å². The molecule has 6 heteroatoms. The molecule has 1 aromatic heterocycles. The van der Waals surface area contributed by atoms with Gasteiger partial charge in [-0.2, -0.15) is 9.37 Å². The first-order valence-corrected chi connectivity index (χ1v) is 5.39. The lowest BCUT2D eigenvalue weighted by Gasteiger charge is -2.19. The Kier molecular flexibility index (Phi) is 4.62. The van der Waals surface area contributed by atoms with Crippen molar-refractivity contribution in [3.63, 3.8) is 0 Å². The van der Waals surface area contributed by atoms with E-state index < -0.39 is 5.82 Å². The van der Waals surface area contributed by atoms with Gasteiger partial charge in [0.15, 0.2) is 0 Å². The zero-order valence-corrected chi connectivity index (χ0v) is 10.6. The zero-order chi connectivity index (χ0) is 12.9. The molecule has 1 heterocycles. The smallest absolute Gasteiger partial charge is 0.255 e. The van der Waals surface area contributed by atoms with E-state index in [0.717, 1.165) is 6.20 Å². The molecular weight excluding hydrogens is 225 g/mol. The second-order valence-electron chi connectivity index (χ2n) is 4.41. The maximum absolute atomic E-state index is 13.2. The lowest BCUT2D eigenvalue weighted by Crippen LogP contribution is -2.22. The van der Waals surface area contributed by atoms with E-state index in [2.05, 4.69) is 15.3 Å². The highest BCUT2D eigenvalue weighted by molar-refractivity contribution is 5.27. The first kappa shape index (κ1) is 13.6. The van der Waals surface area contributed by atoms with Gasteiger partial charge in [0, 0.05) is 7.05 Å². The largest absolute Gasteiger partial charge is 0.473 e. The van der Waals surface area contributed by atoms with E-state index >= 15 is 0 Å². The van der Waals surface area contributed by atoms with E-state index in [1.165, 1.54) is 0 Å². The van der Waals surface area contributed by atoms with Crippen LogP contribution >= 0.6 is 0 Å². The van der Waals surface area contributed by atoms with E-state index in [0.29, 0.717) is 12.6 Å². The SMILES string of the molecule is CNc1ncc(F)c(OCCOC(C)(C)C)n1. The minimum Gasteiger partial charge on any atom is -0.473 e. The van der Waals surface area contributed by atoms with E-state index in [9.17, 15) is 4.39 Å². The summed E-state index contributed by atoms with van der Waals surface area (Å²) >= 11 is 0. The van der Waals surface area contributed by atoms with Crippen LogP contribution in [0.3, 0.4) is 0 Å². The maximum Gasteiger partial charge on any atom is 0.255 e. The van der Waals surface area contributed by atoms with Crippen molar-refractivity contribution in [1.82, 2.24) is 9.97 Å². The topological polar surface area (TPSA) is 56.3 Å². The molecule has 1 aromatic rings. The third-order valence-electron chi connectivity index (χ3n) is 1.79. The molecule has 0 saturated carbocycles. The fourth-order valence-electron chi connectivity index (χ4n) is 1.06. The number of rotatable bonds is 5. The van der Waals surface area contributed by atoms with Crippen LogP contribution in [0.15, 0.2) is 6.20 Å². The molecule has 0 unspecified atom stereocenters. The molecule has 0 amide bonds.